The van der Waals surface area contributed by atoms with Crippen LogP contribution in [0, 0.1) is 5.92 Å². The van der Waals surface area contributed by atoms with E-state index >= 15 is 0 Å². The minimum absolute atomic E-state index is 0.0758. The molecule has 86 valence electrons. The molecule has 0 aromatic heterocycles. The molecule has 2 unspecified atom stereocenters. The molecule has 0 aliphatic rings. The van der Waals surface area contributed by atoms with E-state index in [2.05, 4.69) is 5.32 Å². The van der Waals surface area contributed by atoms with Crippen molar-refractivity contribution >= 4 is 0 Å². The molecule has 0 saturated heterocycles. The third-order valence-corrected chi connectivity index (χ3v) is 2.19. The number of hydrogen-bond acceptors (Lipinski definition) is 4. The number of nitrogens with one attached hydrogen (secondary N) is 1. The van der Waals surface area contributed by atoms with Crippen molar-refractivity contribution in [2.45, 2.75) is 26.0 Å². The molecule has 3 N–H and O–H groups in total. The first-order chi connectivity index (χ1) is 6.47. The first kappa shape index (κ1) is 13.8. The second-order valence-electron chi connectivity index (χ2n) is 4.36. The van der Waals surface area contributed by atoms with Crippen LogP contribution in [0.4, 0.5) is 0 Å². The van der Waals surface area contributed by atoms with E-state index in [4.69, 9.17) is 5.11 Å². The number of hydrogen-bond donors (Lipinski definition) is 3. The molecular formula is C10H24N2O2. The van der Waals surface area contributed by atoms with Gasteiger partial charge in [-0.1, -0.05) is 13.8 Å². The fourth-order valence-corrected chi connectivity index (χ4v) is 1.28. The summed E-state index contributed by atoms with van der Waals surface area (Å²) in [6.07, 6.45) is -0.377. The molecule has 14 heavy (non-hydrogen) atoms. The van der Waals surface area contributed by atoms with Crippen molar-refractivity contribution in [1.82, 2.24) is 10.2 Å². The van der Waals surface area contributed by atoms with Crippen LogP contribution < -0.4 is 5.32 Å². The van der Waals surface area contributed by atoms with Gasteiger partial charge >= 0.3 is 0 Å². The van der Waals surface area contributed by atoms with Crippen LogP contribution in [0.15, 0.2) is 0 Å². The molecule has 0 fully saturated rings. The summed E-state index contributed by atoms with van der Waals surface area (Å²) < 4.78 is 0. The number of rotatable bonds is 7. The topological polar surface area (TPSA) is 55.7 Å². The van der Waals surface area contributed by atoms with E-state index in [1.165, 1.54) is 0 Å². The molecule has 0 aromatic carbocycles. The number of aliphatic hydroxyl groups excluding tert-OH is 2. The van der Waals surface area contributed by atoms with Gasteiger partial charge < -0.3 is 20.4 Å². The van der Waals surface area contributed by atoms with E-state index in [1.54, 1.807) is 0 Å². The van der Waals surface area contributed by atoms with Gasteiger partial charge in [-0.25, -0.2) is 0 Å². The Morgan fingerprint density at radius 3 is 2.21 bits per heavy atom. The fourth-order valence-electron chi connectivity index (χ4n) is 1.28. The summed E-state index contributed by atoms with van der Waals surface area (Å²) in [5.41, 5.74) is 0. The Balaban J connectivity index is 3.68. The monoisotopic (exact) mass is 204 g/mol. The van der Waals surface area contributed by atoms with Crippen LogP contribution in [0.1, 0.15) is 13.8 Å². The molecule has 0 heterocycles. The van der Waals surface area contributed by atoms with Crippen molar-refractivity contribution in [3.05, 3.63) is 0 Å². The van der Waals surface area contributed by atoms with Crippen LogP contribution >= 0.6 is 0 Å². The van der Waals surface area contributed by atoms with Crippen LogP contribution in [0.25, 0.3) is 0 Å². The predicted octanol–water partition coefficient (Wildman–Crippen LogP) is -0.485. The van der Waals surface area contributed by atoms with Gasteiger partial charge in [-0.15, -0.1) is 0 Å². The molecule has 2 atom stereocenters. The fraction of sp³-hybridized carbons (Fsp3) is 1.00. The van der Waals surface area contributed by atoms with Gasteiger partial charge in [-0.2, -0.15) is 0 Å². The molecule has 0 amide bonds. The van der Waals surface area contributed by atoms with E-state index < -0.39 is 0 Å². The smallest absolute Gasteiger partial charge is 0.0791 e. The van der Waals surface area contributed by atoms with Crippen LogP contribution in [0.2, 0.25) is 0 Å². The van der Waals surface area contributed by atoms with Crippen molar-refractivity contribution in [3.8, 4) is 0 Å². The molecule has 0 rings (SSSR count). The molecule has 0 saturated carbocycles. The normalized spacial score (nSPS) is 16.3. The van der Waals surface area contributed by atoms with E-state index in [1.807, 2.05) is 32.8 Å². The first-order valence-electron chi connectivity index (χ1n) is 5.14. The van der Waals surface area contributed by atoms with Gasteiger partial charge in [0.05, 0.1) is 12.7 Å². The van der Waals surface area contributed by atoms with Crippen LogP contribution in [-0.4, -0.2) is 61.1 Å². The Hall–Kier alpha value is -0.160. The van der Waals surface area contributed by atoms with Gasteiger partial charge in [0.1, 0.15) is 0 Å². The first-order valence-corrected chi connectivity index (χ1v) is 5.14. The lowest BCUT2D eigenvalue weighted by molar-refractivity contribution is 0.120. The largest absolute Gasteiger partial charge is 0.395 e. The second kappa shape index (κ2) is 7.17. The van der Waals surface area contributed by atoms with Gasteiger partial charge in [0.2, 0.25) is 0 Å². The molecule has 0 radical (unpaired) electrons. The summed E-state index contributed by atoms with van der Waals surface area (Å²) in [6.45, 7) is 5.38. The molecule has 0 aliphatic carbocycles. The van der Waals surface area contributed by atoms with Crippen molar-refractivity contribution in [2.75, 3.05) is 33.8 Å². The van der Waals surface area contributed by atoms with Crippen LogP contribution in [0.5, 0.6) is 0 Å². The summed E-state index contributed by atoms with van der Waals surface area (Å²) in [4.78, 5) is 1.94. The minimum Gasteiger partial charge on any atom is -0.395 e. The Bertz CT molecular complexity index is 140. The van der Waals surface area contributed by atoms with Crippen LogP contribution in [-0.2, 0) is 0 Å². The highest BCUT2D eigenvalue weighted by atomic mass is 16.3. The average molecular weight is 204 g/mol. The number of likely N-dealkylation sites (N-methyl/N-ethyl adjacent to an activating group) is 1. The van der Waals surface area contributed by atoms with E-state index in [0.717, 1.165) is 0 Å². The second-order valence-corrected chi connectivity index (χ2v) is 4.36. The van der Waals surface area contributed by atoms with Gasteiger partial charge in [0, 0.05) is 19.1 Å². The van der Waals surface area contributed by atoms with Crippen molar-refractivity contribution in [2.24, 2.45) is 5.92 Å². The maximum absolute atomic E-state index is 9.56. The quantitative estimate of drug-likeness (QED) is 0.524. The zero-order valence-corrected chi connectivity index (χ0v) is 9.70. The zero-order valence-electron chi connectivity index (χ0n) is 9.70. The summed E-state index contributed by atoms with van der Waals surface area (Å²) in [7, 11) is 3.85. The predicted molar refractivity (Wildman–Crippen MR) is 58.3 cm³/mol. The molecule has 0 aromatic rings. The standard InChI is InChI=1S/C10H24N2O2/c1-8(2)10(7-13)11-5-9(14)6-12(3)4/h8-11,13-14H,5-7H2,1-4H3. The highest BCUT2D eigenvalue weighted by molar-refractivity contribution is 4.72. The molecule has 0 spiro atoms. The molecule has 0 aliphatic heterocycles. The third-order valence-electron chi connectivity index (χ3n) is 2.19. The molecule has 4 heteroatoms. The Kier molecular flexibility index (Phi) is 7.09. The average Bonchev–Trinajstić information content (AvgIpc) is 2.03. The zero-order chi connectivity index (χ0) is 11.1. The highest BCUT2D eigenvalue weighted by Gasteiger charge is 2.13. The van der Waals surface area contributed by atoms with Crippen LogP contribution in [0.3, 0.4) is 0 Å². The maximum Gasteiger partial charge on any atom is 0.0791 e. The lowest BCUT2D eigenvalue weighted by Crippen LogP contribution is -2.43. The Morgan fingerprint density at radius 2 is 1.86 bits per heavy atom. The minimum atomic E-state index is -0.377. The lowest BCUT2D eigenvalue weighted by atomic mass is 10.1. The van der Waals surface area contributed by atoms with Gasteiger partial charge in [-0.3, -0.25) is 0 Å². The van der Waals surface area contributed by atoms with Crippen molar-refractivity contribution in [3.63, 3.8) is 0 Å². The van der Waals surface area contributed by atoms with Gasteiger partial charge in [0.15, 0.2) is 0 Å². The van der Waals surface area contributed by atoms with E-state index in [9.17, 15) is 5.11 Å². The lowest BCUT2D eigenvalue weighted by Gasteiger charge is -2.23. The summed E-state index contributed by atoms with van der Waals surface area (Å²) in [5, 5.41) is 21.7. The Morgan fingerprint density at radius 1 is 1.29 bits per heavy atom. The van der Waals surface area contributed by atoms with Gasteiger partial charge in [0.25, 0.3) is 0 Å². The Labute approximate surface area is 86.9 Å². The number of nitrogens with zero attached hydrogens (tertiary/aromatic N) is 1. The maximum atomic E-state index is 9.56. The molecular weight excluding hydrogens is 180 g/mol. The van der Waals surface area contributed by atoms with E-state index in [0.29, 0.717) is 19.0 Å². The SMILES string of the molecule is CC(C)C(CO)NCC(O)CN(C)C. The molecule has 0 bridgehead atoms. The summed E-state index contributed by atoms with van der Waals surface area (Å²) >= 11 is 0. The van der Waals surface area contributed by atoms with Crippen molar-refractivity contribution < 1.29 is 10.2 Å². The van der Waals surface area contributed by atoms with Gasteiger partial charge in [-0.05, 0) is 20.0 Å². The third kappa shape index (κ3) is 6.32. The van der Waals surface area contributed by atoms with Crippen molar-refractivity contribution in [1.29, 1.82) is 0 Å². The summed E-state index contributed by atoms with van der Waals surface area (Å²) in [6, 6.07) is 0.0758. The summed E-state index contributed by atoms with van der Waals surface area (Å²) in [5.74, 6) is 0.381. The highest BCUT2D eigenvalue weighted by Crippen LogP contribution is 2.00. The van der Waals surface area contributed by atoms with E-state index in [-0.39, 0.29) is 18.8 Å². The molecule has 4 nitrogen and oxygen atoms in total. The number of aliphatic hydroxyl groups is 2.